The van der Waals surface area contributed by atoms with Gasteiger partial charge in [-0.2, -0.15) is 0 Å². The van der Waals surface area contributed by atoms with Gasteiger partial charge in [0.1, 0.15) is 5.82 Å². The van der Waals surface area contributed by atoms with Crippen LogP contribution in [0.1, 0.15) is 18.4 Å². The number of nitrogens with zero attached hydrogens (tertiary/aromatic N) is 3. The van der Waals surface area contributed by atoms with Gasteiger partial charge in [0.25, 0.3) is 0 Å². The number of carbonyl (C=O) groups excluding carboxylic acids is 2. The topological polar surface area (TPSA) is 87.2 Å². The van der Waals surface area contributed by atoms with Crippen LogP contribution in [-0.4, -0.2) is 28.5 Å². The van der Waals surface area contributed by atoms with Crippen LogP contribution in [0, 0.1) is 0 Å². The van der Waals surface area contributed by atoms with Crippen molar-refractivity contribution in [1.29, 1.82) is 0 Å². The lowest BCUT2D eigenvalue weighted by atomic mass is 10.2. The lowest BCUT2D eigenvalue weighted by Gasteiger charge is -2.15. The Kier molecular flexibility index (Phi) is 4.29. The van der Waals surface area contributed by atoms with Gasteiger partial charge in [0.2, 0.25) is 5.91 Å². The first-order valence-corrected chi connectivity index (χ1v) is 7.80. The molecule has 0 aromatic carbocycles. The summed E-state index contributed by atoms with van der Waals surface area (Å²) < 4.78 is 0. The average Bonchev–Trinajstić information content (AvgIpc) is 3.17. The minimum Gasteiger partial charge on any atom is -0.334 e. The maximum absolute atomic E-state index is 11.7. The van der Waals surface area contributed by atoms with E-state index in [1.54, 1.807) is 22.7 Å². The fourth-order valence-electron chi connectivity index (χ4n) is 2.22. The van der Waals surface area contributed by atoms with Crippen molar-refractivity contribution >= 4 is 34.2 Å². The van der Waals surface area contributed by atoms with E-state index in [0.29, 0.717) is 30.5 Å². The van der Waals surface area contributed by atoms with Crippen LogP contribution in [0.2, 0.25) is 0 Å². The van der Waals surface area contributed by atoms with E-state index >= 15 is 0 Å². The van der Waals surface area contributed by atoms with Gasteiger partial charge in [0.15, 0.2) is 5.13 Å². The van der Waals surface area contributed by atoms with Crippen molar-refractivity contribution in [3.8, 4) is 0 Å². The van der Waals surface area contributed by atoms with Crippen LogP contribution in [0.4, 0.5) is 15.7 Å². The number of hydrogen-bond acceptors (Lipinski definition) is 5. The van der Waals surface area contributed by atoms with E-state index in [1.165, 1.54) is 11.3 Å². The van der Waals surface area contributed by atoms with E-state index in [0.717, 1.165) is 12.0 Å². The van der Waals surface area contributed by atoms with Crippen molar-refractivity contribution in [2.45, 2.75) is 19.4 Å². The molecule has 8 heteroatoms. The van der Waals surface area contributed by atoms with E-state index < -0.39 is 0 Å². The zero-order valence-corrected chi connectivity index (χ0v) is 12.6. The Balaban J connectivity index is 1.58. The molecule has 1 aliphatic heterocycles. The molecule has 0 spiro atoms. The van der Waals surface area contributed by atoms with Crippen LogP contribution in [0.3, 0.4) is 0 Å². The standard InChI is InChI=1S/C14H15N5O2S/c20-12-2-1-6-19(12)11-8-10(3-4-15-11)9-17-13(21)18-14-16-5-7-22-14/h3-5,7-8H,1-2,6,9H2,(H2,16,17,18,21). The summed E-state index contributed by atoms with van der Waals surface area (Å²) in [6.07, 6.45) is 4.71. The summed E-state index contributed by atoms with van der Waals surface area (Å²) in [5.74, 6) is 0.737. The molecule has 22 heavy (non-hydrogen) atoms. The second kappa shape index (κ2) is 6.52. The Bertz CT molecular complexity index is 674. The summed E-state index contributed by atoms with van der Waals surface area (Å²) in [4.78, 5) is 33.4. The summed E-state index contributed by atoms with van der Waals surface area (Å²) in [7, 11) is 0. The maximum Gasteiger partial charge on any atom is 0.321 e. The third kappa shape index (κ3) is 3.40. The SMILES string of the molecule is O=C(NCc1ccnc(N2CCCC2=O)c1)Nc1nccs1. The zero-order chi connectivity index (χ0) is 15.4. The number of aromatic nitrogens is 2. The number of carbonyl (C=O) groups is 2. The summed E-state index contributed by atoms with van der Waals surface area (Å²) in [5.41, 5.74) is 0.888. The second-order valence-electron chi connectivity index (χ2n) is 4.82. The monoisotopic (exact) mass is 317 g/mol. The third-order valence-corrected chi connectivity index (χ3v) is 3.95. The minimum atomic E-state index is -0.314. The highest BCUT2D eigenvalue weighted by Crippen LogP contribution is 2.19. The fourth-order valence-corrected chi connectivity index (χ4v) is 2.74. The number of nitrogens with one attached hydrogen (secondary N) is 2. The van der Waals surface area contributed by atoms with Crippen molar-refractivity contribution < 1.29 is 9.59 Å². The van der Waals surface area contributed by atoms with Crippen LogP contribution in [0.25, 0.3) is 0 Å². The van der Waals surface area contributed by atoms with Gasteiger partial charge in [-0.1, -0.05) is 0 Å². The van der Waals surface area contributed by atoms with Crippen molar-refractivity contribution in [3.63, 3.8) is 0 Å². The summed E-state index contributed by atoms with van der Waals surface area (Å²) in [6, 6.07) is 3.33. The fraction of sp³-hybridized carbons (Fsp3) is 0.286. The zero-order valence-electron chi connectivity index (χ0n) is 11.8. The summed E-state index contributed by atoms with van der Waals surface area (Å²) >= 11 is 1.36. The highest BCUT2D eigenvalue weighted by Gasteiger charge is 2.22. The van der Waals surface area contributed by atoms with Crippen LogP contribution in [0.5, 0.6) is 0 Å². The molecule has 114 valence electrons. The predicted molar refractivity (Wildman–Crippen MR) is 83.8 cm³/mol. The van der Waals surface area contributed by atoms with Crippen molar-refractivity contribution in [2.75, 3.05) is 16.8 Å². The van der Waals surface area contributed by atoms with E-state index in [9.17, 15) is 9.59 Å². The number of thiazole rings is 1. The molecule has 1 aliphatic rings. The Hall–Kier alpha value is -2.48. The molecule has 0 radical (unpaired) electrons. The smallest absolute Gasteiger partial charge is 0.321 e. The van der Waals surface area contributed by atoms with E-state index in [1.807, 2.05) is 12.1 Å². The van der Waals surface area contributed by atoms with Gasteiger partial charge in [0.05, 0.1) is 0 Å². The van der Waals surface area contributed by atoms with Gasteiger partial charge >= 0.3 is 6.03 Å². The van der Waals surface area contributed by atoms with Gasteiger partial charge < -0.3 is 5.32 Å². The Labute approximate surface area is 131 Å². The van der Waals surface area contributed by atoms with Crippen molar-refractivity contribution in [2.24, 2.45) is 0 Å². The van der Waals surface area contributed by atoms with Crippen LogP contribution < -0.4 is 15.5 Å². The molecule has 7 nitrogen and oxygen atoms in total. The van der Waals surface area contributed by atoms with Crippen LogP contribution >= 0.6 is 11.3 Å². The minimum absolute atomic E-state index is 0.0964. The lowest BCUT2D eigenvalue weighted by molar-refractivity contribution is -0.117. The molecule has 3 heterocycles. The van der Waals surface area contributed by atoms with Crippen molar-refractivity contribution in [1.82, 2.24) is 15.3 Å². The molecule has 0 aliphatic carbocycles. The third-order valence-electron chi connectivity index (χ3n) is 3.27. The Morgan fingerprint density at radius 3 is 3.00 bits per heavy atom. The molecule has 0 atom stereocenters. The Morgan fingerprint density at radius 2 is 2.27 bits per heavy atom. The maximum atomic E-state index is 11.7. The number of amides is 3. The van der Waals surface area contributed by atoms with Gasteiger partial charge in [-0.25, -0.2) is 14.8 Å². The largest absolute Gasteiger partial charge is 0.334 e. The number of hydrogen-bond donors (Lipinski definition) is 2. The molecule has 0 unspecified atom stereocenters. The Morgan fingerprint density at radius 1 is 1.36 bits per heavy atom. The quantitative estimate of drug-likeness (QED) is 0.902. The van der Waals surface area contributed by atoms with Crippen LogP contribution in [-0.2, 0) is 11.3 Å². The molecule has 2 aromatic rings. The first-order chi connectivity index (χ1) is 10.7. The normalized spacial score (nSPS) is 14.2. The molecule has 1 fully saturated rings. The van der Waals surface area contributed by atoms with Crippen LogP contribution in [0.15, 0.2) is 29.9 Å². The van der Waals surface area contributed by atoms with Gasteiger partial charge in [0, 0.05) is 37.3 Å². The summed E-state index contributed by atoms with van der Waals surface area (Å²) in [5, 5.41) is 7.74. The molecule has 3 rings (SSSR count). The van der Waals surface area contributed by atoms with E-state index in [2.05, 4.69) is 20.6 Å². The summed E-state index contributed by atoms with van der Waals surface area (Å²) in [6.45, 7) is 1.06. The average molecular weight is 317 g/mol. The molecule has 2 aromatic heterocycles. The van der Waals surface area contributed by atoms with Gasteiger partial charge in [-0.3, -0.25) is 15.0 Å². The van der Waals surface area contributed by atoms with Gasteiger partial charge in [-0.15, -0.1) is 11.3 Å². The number of anilines is 2. The molecule has 2 N–H and O–H groups in total. The highest BCUT2D eigenvalue weighted by molar-refractivity contribution is 7.13. The lowest BCUT2D eigenvalue weighted by Crippen LogP contribution is -2.28. The molecule has 3 amide bonds. The van der Waals surface area contributed by atoms with Crippen molar-refractivity contribution in [3.05, 3.63) is 35.5 Å². The molecule has 0 bridgehead atoms. The highest BCUT2D eigenvalue weighted by atomic mass is 32.1. The molecule has 1 saturated heterocycles. The first kappa shape index (κ1) is 14.5. The molecule has 0 saturated carbocycles. The van der Waals surface area contributed by atoms with E-state index in [-0.39, 0.29) is 11.9 Å². The van der Waals surface area contributed by atoms with E-state index in [4.69, 9.17) is 0 Å². The first-order valence-electron chi connectivity index (χ1n) is 6.92. The number of urea groups is 1. The van der Waals surface area contributed by atoms with Gasteiger partial charge in [-0.05, 0) is 24.1 Å². The number of rotatable bonds is 4. The molecular weight excluding hydrogens is 302 g/mol. The predicted octanol–water partition coefficient (Wildman–Crippen LogP) is 1.99. The molecular formula is C14H15N5O2S. The number of pyridine rings is 1. The second-order valence-corrected chi connectivity index (χ2v) is 5.71.